The van der Waals surface area contributed by atoms with Crippen LogP contribution in [-0.4, -0.2) is 29.4 Å². The van der Waals surface area contributed by atoms with Crippen molar-refractivity contribution >= 4 is 34.6 Å². The predicted octanol–water partition coefficient (Wildman–Crippen LogP) is 4.59. The maximum atomic E-state index is 2.72. The molecule has 0 nitrogen and oxygen atoms in total. The minimum absolute atomic E-state index is 1.03. The highest BCUT2D eigenvalue weighted by Crippen LogP contribution is 2.34. The Labute approximate surface area is 124 Å². The highest BCUT2D eigenvalue weighted by Gasteiger charge is 2.57. The minimum atomic E-state index is -1.32. The Balaban J connectivity index is 3.34. The molecule has 0 amide bonds. The van der Waals surface area contributed by atoms with Crippen LogP contribution in [0, 0.1) is 0 Å². The van der Waals surface area contributed by atoms with E-state index in [4.69, 9.17) is 0 Å². The fourth-order valence-corrected chi connectivity index (χ4v) is 71.9. The smallest absolute Gasteiger partial charge is 0.0711 e. The molecule has 0 aliphatic rings. The molecule has 108 valence electrons. The zero-order valence-electron chi connectivity index (χ0n) is 14.4. The van der Waals surface area contributed by atoms with Gasteiger partial charge in [-0.25, -0.2) is 0 Å². The van der Waals surface area contributed by atoms with Gasteiger partial charge in [0.15, 0.2) is 0 Å². The van der Waals surface area contributed by atoms with E-state index in [1.807, 2.05) is 0 Å². The summed E-state index contributed by atoms with van der Waals surface area (Å²) in [5.74, 6) is 0. The first-order valence-electron chi connectivity index (χ1n) is 7.41. The molecule has 1 aromatic rings. The lowest BCUT2D eigenvalue weighted by Gasteiger charge is -2.54. The fraction of sp³-hybridized carbons (Fsp3) is 0.600. The van der Waals surface area contributed by atoms with Gasteiger partial charge >= 0.3 is 0 Å². The van der Waals surface area contributed by atoms with Crippen molar-refractivity contribution in [3.63, 3.8) is 0 Å². The molecule has 0 aromatic heterocycles. The van der Waals surface area contributed by atoms with Crippen molar-refractivity contribution in [1.29, 1.82) is 0 Å². The first kappa shape index (κ1) is 17.1. The Hall–Kier alpha value is 0.0875. The van der Waals surface area contributed by atoms with Gasteiger partial charge in [0.1, 0.15) is 0 Å². The van der Waals surface area contributed by atoms with Crippen molar-refractivity contribution in [1.82, 2.24) is 0 Å². The van der Waals surface area contributed by atoms with Gasteiger partial charge in [-0.05, 0) is 0 Å². The first-order valence-corrected chi connectivity index (χ1v) is 22.9. The van der Waals surface area contributed by atoms with E-state index >= 15 is 0 Å². The minimum Gasteiger partial charge on any atom is -0.0733 e. The molecule has 0 saturated carbocycles. The van der Waals surface area contributed by atoms with Gasteiger partial charge in [-0.15, -0.1) is 0 Å². The Morgan fingerprint density at radius 1 is 0.579 bits per heavy atom. The van der Waals surface area contributed by atoms with Crippen LogP contribution in [0.1, 0.15) is 0 Å². The van der Waals surface area contributed by atoms with Crippen molar-refractivity contribution in [2.24, 2.45) is 0 Å². The average Bonchev–Trinajstić information content (AvgIpc) is 2.28. The van der Waals surface area contributed by atoms with Crippen molar-refractivity contribution in [3.8, 4) is 0 Å². The summed E-state index contributed by atoms with van der Waals surface area (Å²) in [5.41, 5.74) is 0. The summed E-state index contributed by atoms with van der Waals surface area (Å²) in [6, 6.07) is 11.4. The lowest BCUT2D eigenvalue weighted by Crippen LogP contribution is -2.81. The average molecular weight is 325 g/mol. The zero-order valence-corrected chi connectivity index (χ0v) is 18.4. The third-order valence-electron chi connectivity index (χ3n) is 6.50. The summed E-state index contributed by atoms with van der Waals surface area (Å²) in [5, 5.41) is 1.69. The zero-order chi connectivity index (χ0) is 15.1. The SMILES string of the molecule is C[Si](C)(C)[Si](C)(C)[Si](C)(C)[Si](C)(C)c1ccccc1. The van der Waals surface area contributed by atoms with Crippen molar-refractivity contribution in [3.05, 3.63) is 30.3 Å². The molecule has 0 heterocycles. The summed E-state index contributed by atoms with van der Waals surface area (Å²) >= 11 is 0. The van der Waals surface area contributed by atoms with E-state index in [9.17, 15) is 0 Å². The lowest BCUT2D eigenvalue weighted by atomic mass is 10.4. The molecule has 19 heavy (non-hydrogen) atoms. The molecule has 0 unspecified atom stereocenters. The van der Waals surface area contributed by atoms with Crippen LogP contribution in [0.15, 0.2) is 30.3 Å². The molecule has 0 N–H and O–H groups in total. The molecule has 0 saturated heterocycles. The van der Waals surface area contributed by atoms with Crippen LogP contribution < -0.4 is 5.19 Å². The predicted molar refractivity (Wildman–Crippen MR) is 102 cm³/mol. The van der Waals surface area contributed by atoms with E-state index in [0.29, 0.717) is 0 Å². The molecular formula is C15H32Si4. The van der Waals surface area contributed by atoms with Gasteiger partial charge in [0, 0.05) is 21.8 Å². The largest absolute Gasteiger partial charge is 0.0733 e. The second-order valence-corrected chi connectivity index (χ2v) is 49.6. The molecule has 0 spiro atoms. The number of hydrogen-bond acceptors (Lipinski definition) is 0. The summed E-state index contributed by atoms with van der Waals surface area (Å²) in [6.07, 6.45) is 0. The van der Waals surface area contributed by atoms with E-state index < -0.39 is 29.4 Å². The summed E-state index contributed by atoms with van der Waals surface area (Å²) in [7, 11) is -4.65. The quantitative estimate of drug-likeness (QED) is 0.710. The molecule has 1 rings (SSSR count). The molecule has 0 aliphatic heterocycles. The van der Waals surface area contributed by atoms with Crippen LogP contribution in [0.3, 0.4) is 0 Å². The number of hydrogen-bond donors (Lipinski definition) is 0. The monoisotopic (exact) mass is 324 g/mol. The first-order chi connectivity index (χ1) is 8.36. The fourth-order valence-electron chi connectivity index (χ4n) is 2.93. The van der Waals surface area contributed by atoms with Gasteiger partial charge in [-0.1, -0.05) is 94.4 Å². The molecule has 0 atom stereocenters. The molecule has 1 aromatic carbocycles. The second-order valence-electron chi connectivity index (χ2n) is 8.49. The van der Waals surface area contributed by atoms with E-state index in [0.717, 1.165) is 0 Å². The second kappa shape index (κ2) is 5.13. The molecule has 0 fully saturated rings. The summed E-state index contributed by atoms with van der Waals surface area (Å²) in [4.78, 5) is 0. The van der Waals surface area contributed by atoms with Gasteiger partial charge < -0.3 is 0 Å². The van der Waals surface area contributed by atoms with Crippen LogP contribution in [0.4, 0.5) is 0 Å². The Bertz CT molecular complexity index is 427. The van der Waals surface area contributed by atoms with Crippen LogP contribution >= 0.6 is 0 Å². The van der Waals surface area contributed by atoms with Crippen molar-refractivity contribution in [2.75, 3.05) is 0 Å². The van der Waals surface area contributed by atoms with E-state index in [1.165, 1.54) is 0 Å². The maximum Gasteiger partial charge on any atom is 0.0711 e. The third-order valence-corrected chi connectivity index (χ3v) is 75.0. The molecular weight excluding hydrogens is 293 g/mol. The topological polar surface area (TPSA) is 0 Å². The molecule has 4 heteroatoms. The summed E-state index contributed by atoms with van der Waals surface area (Å²) in [6.45, 7) is 24.0. The van der Waals surface area contributed by atoms with E-state index in [1.54, 1.807) is 5.19 Å². The van der Waals surface area contributed by atoms with Crippen LogP contribution in [0.2, 0.25) is 58.9 Å². The Morgan fingerprint density at radius 2 is 1.00 bits per heavy atom. The highest BCUT2D eigenvalue weighted by atomic mass is 29.8. The van der Waals surface area contributed by atoms with Gasteiger partial charge in [0.25, 0.3) is 0 Å². The van der Waals surface area contributed by atoms with Gasteiger partial charge in [0.2, 0.25) is 0 Å². The lowest BCUT2D eigenvalue weighted by molar-refractivity contribution is 1.69. The van der Waals surface area contributed by atoms with Gasteiger partial charge in [-0.2, -0.15) is 0 Å². The van der Waals surface area contributed by atoms with Gasteiger partial charge in [0.05, 0.1) is 7.59 Å². The van der Waals surface area contributed by atoms with Crippen LogP contribution in [0.5, 0.6) is 0 Å². The molecule has 0 aliphatic carbocycles. The van der Waals surface area contributed by atoms with Crippen LogP contribution in [-0.2, 0) is 0 Å². The Kier molecular flexibility index (Phi) is 4.63. The highest BCUT2D eigenvalue weighted by molar-refractivity contribution is 7.84. The van der Waals surface area contributed by atoms with Crippen molar-refractivity contribution in [2.45, 2.75) is 58.9 Å². The van der Waals surface area contributed by atoms with Crippen LogP contribution in [0.25, 0.3) is 0 Å². The van der Waals surface area contributed by atoms with Gasteiger partial charge in [-0.3, -0.25) is 0 Å². The van der Waals surface area contributed by atoms with Crippen molar-refractivity contribution < 1.29 is 0 Å². The summed E-state index contributed by atoms with van der Waals surface area (Å²) < 4.78 is 0. The number of rotatable bonds is 4. The Morgan fingerprint density at radius 3 is 1.37 bits per heavy atom. The maximum absolute atomic E-state index is 2.72. The third kappa shape index (κ3) is 2.77. The normalized spacial score (nSPS) is 14.6. The standard InChI is InChI=1S/C15H32Si4/c1-16(2,3)18(6,7)19(8,9)17(4,5)15-13-11-10-12-14-15/h10-14H,1-9H3. The van der Waals surface area contributed by atoms with E-state index in [-0.39, 0.29) is 0 Å². The van der Waals surface area contributed by atoms with E-state index in [2.05, 4.69) is 89.3 Å². The molecule has 0 radical (unpaired) electrons. The molecule has 0 bridgehead atoms. The number of benzene rings is 1.